The molecule has 160 valence electrons. The summed E-state index contributed by atoms with van der Waals surface area (Å²) < 4.78 is 32.5. The number of nitrogens with zero attached hydrogens (tertiary/aromatic N) is 2. The fraction of sp³-hybridized carbons (Fsp3) is 0.435. The Morgan fingerprint density at radius 3 is 2.40 bits per heavy atom. The van der Waals surface area contributed by atoms with Gasteiger partial charge in [-0.1, -0.05) is 18.2 Å². The number of benzene rings is 2. The van der Waals surface area contributed by atoms with Crippen molar-refractivity contribution in [3.63, 3.8) is 0 Å². The van der Waals surface area contributed by atoms with Crippen molar-refractivity contribution in [2.24, 2.45) is 5.92 Å². The number of amides is 1. The second-order valence-electron chi connectivity index (χ2n) is 8.03. The van der Waals surface area contributed by atoms with Crippen molar-refractivity contribution in [2.45, 2.75) is 37.5 Å². The smallest absolute Gasteiger partial charge is 0.243 e. The number of ether oxygens (including phenoxy) is 1. The average Bonchev–Trinajstić information content (AvgIpc) is 2.78. The van der Waals surface area contributed by atoms with Crippen molar-refractivity contribution < 1.29 is 17.9 Å². The number of hydrogen-bond acceptors (Lipinski definition) is 4. The van der Waals surface area contributed by atoms with E-state index in [1.54, 1.807) is 31.4 Å². The molecule has 0 radical (unpaired) electrons. The number of hydrogen-bond donors (Lipinski definition) is 0. The molecule has 30 heavy (non-hydrogen) atoms. The summed E-state index contributed by atoms with van der Waals surface area (Å²) in [6.45, 7) is 3.51. The van der Waals surface area contributed by atoms with Crippen LogP contribution in [0.5, 0.6) is 5.75 Å². The van der Waals surface area contributed by atoms with Gasteiger partial charge in [0.05, 0.1) is 12.0 Å². The zero-order valence-electron chi connectivity index (χ0n) is 17.5. The number of methoxy groups -OCH3 is 1. The van der Waals surface area contributed by atoms with Crippen LogP contribution in [0.2, 0.25) is 0 Å². The second-order valence-corrected chi connectivity index (χ2v) is 9.97. The van der Waals surface area contributed by atoms with E-state index >= 15 is 0 Å². The first-order chi connectivity index (χ1) is 14.4. The van der Waals surface area contributed by atoms with E-state index in [0.717, 1.165) is 30.6 Å². The monoisotopic (exact) mass is 428 g/mol. The molecule has 0 unspecified atom stereocenters. The summed E-state index contributed by atoms with van der Waals surface area (Å²) in [5, 5.41) is 0. The summed E-state index contributed by atoms with van der Waals surface area (Å²) in [4.78, 5) is 15.5. The second kappa shape index (κ2) is 8.40. The molecule has 6 nitrogen and oxygen atoms in total. The first-order valence-electron chi connectivity index (χ1n) is 10.5. The lowest BCUT2D eigenvalue weighted by Gasteiger charge is -2.36. The van der Waals surface area contributed by atoms with Gasteiger partial charge >= 0.3 is 0 Å². The average molecular weight is 429 g/mol. The topological polar surface area (TPSA) is 66.9 Å². The van der Waals surface area contributed by atoms with Crippen molar-refractivity contribution in [1.82, 2.24) is 4.31 Å². The number of carbonyl (C=O) groups excluding carboxylic acids is 1. The first kappa shape index (κ1) is 20.9. The van der Waals surface area contributed by atoms with Gasteiger partial charge in [0, 0.05) is 31.2 Å². The molecule has 0 atom stereocenters. The number of anilines is 1. The number of fused-ring (bicyclic) bond motifs is 1. The number of piperidine rings is 1. The predicted molar refractivity (Wildman–Crippen MR) is 116 cm³/mol. The van der Waals surface area contributed by atoms with Crippen LogP contribution >= 0.6 is 0 Å². The maximum atomic E-state index is 13.3. The maximum absolute atomic E-state index is 13.3. The van der Waals surface area contributed by atoms with Crippen LogP contribution in [-0.4, -0.2) is 45.4 Å². The van der Waals surface area contributed by atoms with Crippen LogP contribution < -0.4 is 9.64 Å². The van der Waals surface area contributed by atoms with Crippen LogP contribution in [0.4, 0.5) is 5.69 Å². The number of rotatable bonds is 4. The maximum Gasteiger partial charge on any atom is 0.243 e. The summed E-state index contributed by atoms with van der Waals surface area (Å²) in [6.07, 6.45) is 3.06. The fourth-order valence-electron chi connectivity index (χ4n) is 4.53. The molecule has 0 saturated carbocycles. The Kier molecular flexibility index (Phi) is 5.84. The quantitative estimate of drug-likeness (QED) is 0.749. The number of aryl methyl sites for hydroxylation is 2. The minimum absolute atomic E-state index is 0.131. The third-order valence-corrected chi connectivity index (χ3v) is 8.10. The SMILES string of the molecule is COc1ccc(S(=O)(=O)N2CCC(C(=O)N3CCCc4cccc(C)c43)CC2)cc1. The van der Waals surface area contributed by atoms with E-state index in [9.17, 15) is 13.2 Å². The van der Waals surface area contributed by atoms with E-state index in [-0.39, 0.29) is 16.7 Å². The van der Waals surface area contributed by atoms with Gasteiger partial charge in [-0.05, 0) is 68.0 Å². The van der Waals surface area contributed by atoms with Crippen LogP contribution in [-0.2, 0) is 21.2 Å². The van der Waals surface area contributed by atoms with Crippen molar-refractivity contribution in [2.75, 3.05) is 31.6 Å². The Morgan fingerprint density at radius 2 is 1.73 bits per heavy atom. The summed E-state index contributed by atoms with van der Waals surface area (Å²) in [5.41, 5.74) is 3.41. The van der Waals surface area contributed by atoms with Crippen LogP contribution in [0.15, 0.2) is 47.4 Å². The summed E-state index contributed by atoms with van der Waals surface area (Å²) in [7, 11) is -2.01. The van der Waals surface area contributed by atoms with Crippen molar-refractivity contribution in [3.05, 3.63) is 53.6 Å². The molecule has 7 heteroatoms. The number of para-hydroxylation sites is 1. The van der Waals surface area contributed by atoms with Crippen LogP contribution in [0.1, 0.15) is 30.4 Å². The normalized spacial score (nSPS) is 18.1. The largest absolute Gasteiger partial charge is 0.497 e. The highest BCUT2D eigenvalue weighted by Gasteiger charge is 2.35. The zero-order chi connectivity index (χ0) is 21.3. The van der Waals surface area contributed by atoms with E-state index in [1.807, 2.05) is 11.0 Å². The highest BCUT2D eigenvalue weighted by atomic mass is 32.2. The van der Waals surface area contributed by atoms with Crippen LogP contribution in [0.25, 0.3) is 0 Å². The third kappa shape index (κ3) is 3.84. The Bertz CT molecular complexity index is 1030. The summed E-state index contributed by atoms with van der Waals surface area (Å²) in [5.74, 6) is 0.611. The van der Waals surface area contributed by atoms with E-state index in [2.05, 4.69) is 19.1 Å². The van der Waals surface area contributed by atoms with Gasteiger partial charge in [0.1, 0.15) is 5.75 Å². The molecule has 4 rings (SSSR count). The molecule has 1 amide bonds. The Morgan fingerprint density at radius 1 is 1.03 bits per heavy atom. The number of carbonyl (C=O) groups is 1. The molecule has 2 heterocycles. The molecule has 1 saturated heterocycles. The minimum atomic E-state index is -3.56. The third-order valence-electron chi connectivity index (χ3n) is 6.19. The first-order valence-corrected chi connectivity index (χ1v) is 11.9. The molecule has 2 aliphatic rings. The Hall–Kier alpha value is -2.38. The van der Waals surface area contributed by atoms with Gasteiger partial charge in [-0.2, -0.15) is 4.31 Å². The molecule has 1 fully saturated rings. The molecule has 2 aromatic rings. The van der Waals surface area contributed by atoms with Gasteiger partial charge in [-0.15, -0.1) is 0 Å². The fourth-order valence-corrected chi connectivity index (χ4v) is 6.00. The Labute approximate surface area is 178 Å². The van der Waals surface area contributed by atoms with Gasteiger partial charge in [-0.25, -0.2) is 8.42 Å². The molecule has 0 bridgehead atoms. The summed E-state index contributed by atoms with van der Waals surface area (Å²) >= 11 is 0. The van der Waals surface area contributed by atoms with Gasteiger partial charge in [0.15, 0.2) is 0 Å². The molecular formula is C23H28N2O4S. The highest BCUT2D eigenvalue weighted by molar-refractivity contribution is 7.89. The van der Waals surface area contributed by atoms with E-state index in [0.29, 0.717) is 31.7 Å². The summed E-state index contributed by atoms with van der Waals surface area (Å²) in [6, 6.07) is 12.6. The van der Waals surface area contributed by atoms with Crippen molar-refractivity contribution in [3.8, 4) is 5.75 Å². The van der Waals surface area contributed by atoms with Crippen molar-refractivity contribution >= 4 is 21.6 Å². The van der Waals surface area contributed by atoms with Gasteiger partial charge < -0.3 is 9.64 Å². The lowest BCUT2D eigenvalue weighted by atomic mass is 9.93. The standard InChI is InChI=1S/C23H28N2O4S/c1-17-5-3-6-18-7-4-14-25(22(17)18)23(26)19-12-15-24(16-13-19)30(27,28)21-10-8-20(29-2)9-11-21/h3,5-6,8-11,19H,4,7,12-16H2,1-2H3. The minimum Gasteiger partial charge on any atom is -0.497 e. The molecule has 0 aliphatic carbocycles. The number of sulfonamides is 1. The lowest BCUT2D eigenvalue weighted by Crippen LogP contribution is -2.46. The highest BCUT2D eigenvalue weighted by Crippen LogP contribution is 2.34. The van der Waals surface area contributed by atoms with E-state index in [4.69, 9.17) is 4.74 Å². The molecule has 0 spiro atoms. The van der Waals surface area contributed by atoms with Gasteiger partial charge in [0.25, 0.3) is 0 Å². The van der Waals surface area contributed by atoms with E-state index in [1.165, 1.54) is 9.87 Å². The van der Waals surface area contributed by atoms with E-state index < -0.39 is 10.0 Å². The molecule has 0 N–H and O–H groups in total. The molecule has 2 aromatic carbocycles. The van der Waals surface area contributed by atoms with Gasteiger partial charge in [-0.3, -0.25) is 4.79 Å². The molecular weight excluding hydrogens is 400 g/mol. The molecule has 0 aromatic heterocycles. The Balaban J connectivity index is 1.45. The van der Waals surface area contributed by atoms with Crippen molar-refractivity contribution in [1.29, 1.82) is 0 Å². The van der Waals surface area contributed by atoms with Crippen LogP contribution in [0, 0.1) is 12.8 Å². The zero-order valence-corrected chi connectivity index (χ0v) is 18.3. The molecule has 2 aliphatic heterocycles. The van der Waals surface area contributed by atoms with Crippen LogP contribution in [0.3, 0.4) is 0 Å². The predicted octanol–water partition coefficient (Wildman–Crippen LogP) is 3.38. The van der Waals surface area contributed by atoms with Gasteiger partial charge in [0.2, 0.25) is 15.9 Å². The lowest BCUT2D eigenvalue weighted by molar-refractivity contribution is -0.123.